The number of piperidine rings is 1. The van der Waals surface area contributed by atoms with Gasteiger partial charge in [-0.05, 0) is 25.8 Å². The normalized spacial score (nSPS) is 34.6. The molecule has 6 heteroatoms. The summed E-state index contributed by atoms with van der Waals surface area (Å²) in [5.41, 5.74) is 11.7. The SMILES string of the molecule is N[C@@H]1C[C@H](F)CN1C(=O)[C@@H](N)CC1CCCCN1. The number of hydrogen-bond acceptors (Lipinski definition) is 4. The van der Waals surface area contributed by atoms with E-state index in [-0.39, 0.29) is 18.9 Å². The van der Waals surface area contributed by atoms with Crippen molar-refractivity contribution >= 4 is 5.91 Å². The molecule has 0 aromatic heterocycles. The summed E-state index contributed by atoms with van der Waals surface area (Å²) in [4.78, 5) is 13.5. The summed E-state index contributed by atoms with van der Waals surface area (Å²) in [6, 6.07) is -0.269. The molecule has 2 rings (SSSR count). The van der Waals surface area contributed by atoms with Crippen molar-refractivity contribution in [1.82, 2.24) is 10.2 Å². The number of carbonyl (C=O) groups excluding carboxylic acids is 1. The zero-order valence-electron chi connectivity index (χ0n) is 10.6. The van der Waals surface area contributed by atoms with Gasteiger partial charge in [0.05, 0.1) is 18.8 Å². The molecule has 2 fully saturated rings. The number of rotatable bonds is 3. The van der Waals surface area contributed by atoms with E-state index in [2.05, 4.69) is 5.32 Å². The lowest BCUT2D eigenvalue weighted by Gasteiger charge is -2.29. The Hall–Kier alpha value is -0.720. The summed E-state index contributed by atoms with van der Waals surface area (Å²) in [5, 5.41) is 3.36. The third-order valence-electron chi connectivity index (χ3n) is 3.84. The highest BCUT2D eigenvalue weighted by Crippen LogP contribution is 2.19. The summed E-state index contributed by atoms with van der Waals surface area (Å²) in [5.74, 6) is -0.213. The van der Waals surface area contributed by atoms with Gasteiger partial charge in [-0.1, -0.05) is 6.42 Å². The summed E-state index contributed by atoms with van der Waals surface area (Å²) >= 11 is 0. The summed E-state index contributed by atoms with van der Waals surface area (Å²) in [6.45, 7) is 1.08. The van der Waals surface area contributed by atoms with Gasteiger partial charge in [-0.3, -0.25) is 4.79 Å². The van der Waals surface area contributed by atoms with Crippen LogP contribution in [0.2, 0.25) is 0 Å². The van der Waals surface area contributed by atoms with Crippen LogP contribution >= 0.6 is 0 Å². The molecule has 4 atom stereocenters. The molecule has 2 aliphatic heterocycles. The minimum Gasteiger partial charge on any atom is -0.323 e. The third-order valence-corrected chi connectivity index (χ3v) is 3.84. The number of nitrogens with one attached hydrogen (secondary N) is 1. The maximum Gasteiger partial charge on any atom is 0.240 e. The Bertz CT molecular complexity index is 296. The average molecular weight is 258 g/mol. The van der Waals surface area contributed by atoms with E-state index in [4.69, 9.17) is 11.5 Å². The molecule has 0 aromatic carbocycles. The minimum atomic E-state index is -1.01. The number of amides is 1. The molecule has 0 spiro atoms. The van der Waals surface area contributed by atoms with E-state index in [1.807, 2.05) is 0 Å². The predicted molar refractivity (Wildman–Crippen MR) is 67.4 cm³/mol. The van der Waals surface area contributed by atoms with Crippen molar-refractivity contribution in [3.05, 3.63) is 0 Å². The van der Waals surface area contributed by atoms with E-state index in [0.29, 0.717) is 12.5 Å². The fraction of sp³-hybridized carbons (Fsp3) is 0.917. The van der Waals surface area contributed by atoms with Gasteiger partial charge in [0.15, 0.2) is 0 Å². The molecule has 0 aliphatic carbocycles. The topological polar surface area (TPSA) is 84.4 Å². The zero-order chi connectivity index (χ0) is 13.1. The van der Waals surface area contributed by atoms with Crippen molar-refractivity contribution in [1.29, 1.82) is 0 Å². The predicted octanol–water partition coefficient (Wildman–Crippen LogP) is -0.299. The maximum absolute atomic E-state index is 13.2. The Balaban J connectivity index is 1.84. The van der Waals surface area contributed by atoms with E-state index < -0.39 is 18.4 Å². The molecule has 104 valence electrons. The van der Waals surface area contributed by atoms with Crippen LogP contribution in [0.15, 0.2) is 0 Å². The Morgan fingerprint density at radius 2 is 2.28 bits per heavy atom. The first kappa shape index (κ1) is 13.7. The minimum absolute atomic E-state index is 0.0891. The van der Waals surface area contributed by atoms with Crippen LogP contribution in [0.4, 0.5) is 4.39 Å². The van der Waals surface area contributed by atoms with Gasteiger partial charge >= 0.3 is 0 Å². The van der Waals surface area contributed by atoms with E-state index >= 15 is 0 Å². The Labute approximate surface area is 107 Å². The highest BCUT2D eigenvalue weighted by atomic mass is 19.1. The second-order valence-electron chi connectivity index (χ2n) is 5.38. The van der Waals surface area contributed by atoms with Crippen LogP contribution in [0.5, 0.6) is 0 Å². The van der Waals surface area contributed by atoms with Crippen molar-refractivity contribution in [2.24, 2.45) is 11.5 Å². The van der Waals surface area contributed by atoms with Crippen molar-refractivity contribution in [2.45, 2.75) is 56.5 Å². The van der Waals surface area contributed by atoms with Crippen molar-refractivity contribution in [2.75, 3.05) is 13.1 Å². The van der Waals surface area contributed by atoms with Gasteiger partial charge < -0.3 is 21.7 Å². The van der Waals surface area contributed by atoms with E-state index in [0.717, 1.165) is 13.0 Å². The Morgan fingerprint density at radius 3 is 2.83 bits per heavy atom. The number of likely N-dealkylation sites (tertiary alicyclic amines) is 1. The van der Waals surface area contributed by atoms with Crippen molar-refractivity contribution < 1.29 is 9.18 Å². The highest BCUT2D eigenvalue weighted by Gasteiger charge is 2.35. The fourth-order valence-electron chi connectivity index (χ4n) is 2.81. The van der Waals surface area contributed by atoms with Gasteiger partial charge in [0, 0.05) is 12.5 Å². The first-order valence-electron chi connectivity index (χ1n) is 6.77. The highest BCUT2D eigenvalue weighted by molar-refractivity contribution is 5.82. The third kappa shape index (κ3) is 3.18. The lowest BCUT2D eigenvalue weighted by atomic mass is 9.98. The molecule has 18 heavy (non-hydrogen) atoms. The fourth-order valence-corrected chi connectivity index (χ4v) is 2.81. The van der Waals surface area contributed by atoms with Crippen LogP contribution < -0.4 is 16.8 Å². The van der Waals surface area contributed by atoms with Crippen LogP contribution in [-0.4, -0.2) is 48.3 Å². The molecule has 5 nitrogen and oxygen atoms in total. The maximum atomic E-state index is 13.2. The Morgan fingerprint density at radius 1 is 1.50 bits per heavy atom. The summed E-state index contributed by atoms with van der Waals surface area (Å²) in [7, 11) is 0. The molecule has 0 saturated carbocycles. The van der Waals surface area contributed by atoms with Crippen LogP contribution in [0.3, 0.4) is 0 Å². The molecule has 0 radical (unpaired) electrons. The van der Waals surface area contributed by atoms with Gasteiger partial charge in [0.2, 0.25) is 5.91 Å². The first-order chi connectivity index (χ1) is 8.58. The standard InChI is InChI=1S/C12H23FN4O/c13-8-5-11(15)17(7-8)12(18)10(14)6-9-3-1-2-4-16-9/h8-11,16H,1-7,14-15H2/t8-,9?,10-,11-/m0/s1. The molecule has 0 aromatic rings. The number of halogens is 1. The summed E-state index contributed by atoms with van der Waals surface area (Å²) < 4.78 is 13.2. The van der Waals surface area contributed by atoms with E-state index in [1.54, 1.807) is 0 Å². The number of nitrogens with two attached hydrogens (primary N) is 2. The lowest BCUT2D eigenvalue weighted by Crippen LogP contribution is -2.51. The molecular weight excluding hydrogens is 235 g/mol. The molecule has 1 amide bonds. The number of carbonyl (C=O) groups is 1. The van der Waals surface area contributed by atoms with Crippen molar-refractivity contribution in [3.63, 3.8) is 0 Å². The molecule has 2 saturated heterocycles. The first-order valence-corrected chi connectivity index (χ1v) is 6.77. The molecule has 2 heterocycles. The Kier molecular flexibility index (Phi) is 4.53. The van der Waals surface area contributed by atoms with Gasteiger partial charge in [-0.15, -0.1) is 0 Å². The van der Waals surface area contributed by atoms with Crippen molar-refractivity contribution in [3.8, 4) is 0 Å². The lowest BCUT2D eigenvalue weighted by molar-refractivity contribution is -0.133. The summed E-state index contributed by atoms with van der Waals surface area (Å²) in [6.07, 6.45) is 2.72. The van der Waals surface area contributed by atoms with Gasteiger partial charge in [0.1, 0.15) is 6.17 Å². The number of alkyl halides is 1. The zero-order valence-corrected chi connectivity index (χ0v) is 10.6. The van der Waals surface area contributed by atoms with Crippen LogP contribution in [-0.2, 0) is 4.79 Å². The molecule has 0 bridgehead atoms. The molecule has 2 aliphatic rings. The molecule has 5 N–H and O–H groups in total. The van der Waals surface area contributed by atoms with Crippen LogP contribution in [0.25, 0.3) is 0 Å². The largest absolute Gasteiger partial charge is 0.323 e. The second kappa shape index (κ2) is 5.95. The van der Waals surface area contributed by atoms with Gasteiger partial charge in [0.25, 0.3) is 0 Å². The van der Waals surface area contributed by atoms with E-state index in [9.17, 15) is 9.18 Å². The number of hydrogen-bond donors (Lipinski definition) is 3. The molecular formula is C12H23FN4O. The van der Waals surface area contributed by atoms with Gasteiger partial charge in [-0.2, -0.15) is 0 Å². The van der Waals surface area contributed by atoms with E-state index in [1.165, 1.54) is 17.7 Å². The second-order valence-corrected chi connectivity index (χ2v) is 5.38. The van der Waals surface area contributed by atoms with Crippen LogP contribution in [0, 0.1) is 0 Å². The number of nitrogens with zero attached hydrogens (tertiary/aromatic N) is 1. The monoisotopic (exact) mass is 258 g/mol. The smallest absolute Gasteiger partial charge is 0.240 e. The average Bonchev–Trinajstić information content (AvgIpc) is 2.68. The van der Waals surface area contributed by atoms with Gasteiger partial charge in [-0.25, -0.2) is 4.39 Å². The van der Waals surface area contributed by atoms with Crippen LogP contribution in [0.1, 0.15) is 32.1 Å². The quantitative estimate of drug-likeness (QED) is 0.649. The molecule has 1 unspecified atom stereocenters.